The van der Waals surface area contributed by atoms with E-state index in [1.54, 1.807) is 0 Å². The number of hydrogen-bond donors (Lipinski definition) is 1. The van der Waals surface area contributed by atoms with Crippen LogP contribution in [0.2, 0.25) is 0 Å². The Labute approximate surface area is 174 Å². The summed E-state index contributed by atoms with van der Waals surface area (Å²) in [4.78, 5) is 14.6. The lowest BCUT2D eigenvalue weighted by molar-refractivity contribution is 0.1000. The summed E-state index contributed by atoms with van der Waals surface area (Å²) in [6, 6.07) is 18.8. The maximum atomic E-state index is 12.4. The number of benzene rings is 2. The van der Waals surface area contributed by atoms with Gasteiger partial charge in [0.1, 0.15) is 0 Å². The minimum absolute atomic E-state index is 0.356. The molecule has 152 valence electrons. The van der Waals surface area contributed by atoms with Crippen molar-refractivity contribution in [1.82, 2.24) is 9.47 Å². The van der Waals surface area contributed by atoms with Crippen LogP contribution in [0.1, 0.15) is 35.1 Å². The Hall–Kier alpha value is -2.85. The quantitative estimate of drug-likeness (QED) is 0.605. The van der Waals surface area contributed by atoms with E-state index in [4.69, 9.17) is 5.73 Å². The molecule has 0 fully saturated rings. The van der Waals surface area contributed by atoms with Crippen molar-refractivity contribution in [2.45, 2.75) is 33.2 Å². The zero-order valence-electron chi connectivity index (χ0n) is 17.9. The predicted molar refractivity (Wildman–Crippen MR) is 121 cm³/mol. The van der Waals surface area contributed by atoms with Crippen molar-refractivity contribution in [2.75, 3.05) is 20.6 Å². The molecule has 0 spiro atoms. The fourth-order valence-corrected chi connectivity index (χ4v) is 4.09. The summed E-state index contributed by atoms with van der Waals surface area (Å²) < 4.78 is 2.28. The fraction of sp³-hybridized carbons (Fsp3) is 0.320. The van der Waals surface area contributed by atoms with Gasteiger partial charge in [-0.2, -0.15) is 0 Å². The van der Waals surface area contributed by atoms with E-state index in [2.05, 4.69) is 66.9 Å². The second-order valence-electron chi connectivity index (χ2n) is 7.75. The summed E-state index contributed by atoms with van der Waals surface area (Å²) in [6.07, 6.45) is 1.88. The normalized spacial score (nSPS) is 11.2. The minimum Gasteiger partial charge on any atom is -0.366 e. The molecule has 0 aliphatic rings. The molecule has 0 aliphatic heterocycles. The lowest BCUT2D eigenvalue weighted by Crippen LogP contribution is -2.17. The molecule has 4 heteroatoms. The van der Waals surface area contributed by atoms with Crippen LogP contribution in [-0.4, -0.2) is 36.0 Å². The van der Waals surface area contributed by atoms with E-state index in [0.717, 1.165) is 48.3 Å². The van der Waals surface area contributed by atoms with Gasteiger partial charge < -0.3 is 15.2 Å². The Kier molecular flexibility index (Phi) is 6.55. The molecule has 1 amide bonds. The predicted octanol–water partition coefficient (Wildman–Crippen LogP) is 4.74. The molecule has 3 aromatic rings. The van der Waals surface area contributed by atoms with Gasteiger partial charge in [-0.05, 0) is 57.1 Å². The largest absolute Gasteiger partial charge is 0.366 e. The first-order chi connectivity index (χ1) is 13.9. The van der Waals surface area contributed by atoms with Crippen LogP contribution in [0.5, 0.6) is 0 Å². The Morgan fingerprint density at radius 2 is 1.55 bits per heavy atom. The standard InChI is InChI=1S/C25H31N3O/c1-5-22-24(21-14-12-20(13-15-21)19-10-7-6-8-11-19)23(25(26)29)18(2)28(22)17-9-16-27(3)4/h6-8,10-15H,5,9,16-17H2,1-4H3,(H2,26,29). The molecular formula is C25H31N3O. The van der Waals surface area contributed by atoms with E-state index < -0.39 is 0 Å². The maximum Gasteiger partial charge on any atom is 0.251 e. The molecule has 0 saturated heterocycles. The van der Waals surface area contributed by atoms with Gasteiger partial charge in [-0.25, -0.2) is 0 Å². The molecule has 1 aromatic heterocycles. The Morgan fingerprint density at radius 1 is 0.966 bits per heavy atom. The topological polar surface area (TPSA) is 51.3 Å². The first-order valence-electron chi connectivity index (χ1n) is 10.3. The Morgan fingerprint density at radius 3 is 2.10 bits per heavy atom. The van der Waals surface area contributed by atoms with Crippen molar-refractivity contribution >= 4 is 5.91 Å². The third-order valence-electron chi connectivity index (χ3n) is 5.48. The highest BCUT2D eigenvalue weighted by Gasteiger charge is 2.23. The summed E-state index contributed by atoms with van der Waals surface area (Å²) in [5.74, 6) is -0.356. The summed E-state index contributed by atoms with van der Waals surface area (Å²) >= 11 is 0. The number of nitrogens with two attached hydrogens (primary N) is 1. The summed E-state index contributed by atoms with van der Waals surface area (Å²) in [7, 11) is 4.16. The monoisotopic (exact) mass is 389 g/mol. The number of primary amides is 1. The van der Waals surface area contributed by atoms with Gasteiger partial charge in [0.05, 0.1) is 5.56 Å². The van der Waals surface area contributed by atoms with Crippen LogP contribution in [0.15, 0.2) is 54.6 Å². The molecule has 2 aromatic carbocycles. The van der Waals surface area contributed by atoms with E-state index in [1.807, 2.05) is 25.1 Å². The van der Waals surface area contributed by atoms with E-state index in [-0.39, 0.29) is 5.91 Å². The number of amides is 1. The number of aromatic nitrogens is 1. The smallest absolute Gasteiger partial charge is 0.251 e. The number of hydrogen-bond acceptors (Lipinski definition) is 2. The molecule has 29 heavy (non-hydrogen) atoms. The minimum atomic E-state index is -0.356. The van der Waals surface area contributed by atoms with Gasteiger partial charge in [0.25, 0.3) is 5.91 Å². The second-order valence-corrected chi connectivity index (χ2v) is 7.75. The zero-order chi connectivity index (χ0) is 21.0. The molecule has 0 radical (unpaired) electrons. The number of carbonyl (C=O) groups excluding carboxylic acids is 1. The second kappa shape index (κ2) is 9.10. The van der Waals surface area contributed by atoms with Crippen LogP contribution >= 0.6 is 0 Å². The molecule has 0 unspecified atom stereocenters. The first-order valence-corrected chi connectivity index (χ1v) is 10.3. The average Bonchev–Trinajstić information content (AvgIpc) is 3.00. The molecule has 0 saturated carbocycles. The highest BCUT2D eigenvalue weighted by atomic mass is 16.1. The van der Waals surface area contributed by atoms with E-state index in [9.17, 15) is 4.79 Å². The van der Waals surface area contributed by atoms with Crippen LogP contribution in [0, 0.1) is 6.92 Å². The summed E-state index contributed by atoms with van der Waals surface area (Å²) in [6.45, 7) is 6.05. The lowest BCUT2D eigenvalue weighted by atomic mass is 9.96. The lowest BCUT2D eigenvalue weighted by Gasteiger charge is -2.14. The zero-order valence-corrected chi connectivity index (χ0v) is 17.9. The molecule has 0 aliphatic carbocycles. The van der Waals surface area contributed by atoms with Crippen LogP contribution in [0.3, 0.4) is 0 Å². The van der Waals surface area contributed by atoms with Crippen molar-refractivity contribution in [1.29, 1.82) is 0 Å². The van der Waals surface area contributed by atoms with Gasteiger partial charge in [-0.15, -0.1) is 0 Å². The van der Waals surface area contributed by atoms with Crippen molar-refractivity contribution < 1.29 is 4.79 Å². The highest BCUT2D eigenvalue weighted by Crippen LogP contribution is 2.34. The molecule has 4 nitrogen and oxygen atoms in total. The Balaban J connectivity index is 2.04. The number of carbonyl (C=O) groups is 1. The SMILES string of the molecule is CCc1c(-c2ccc(-c3ccccc3)cc2)c(C(N)=O)c(C)n1CCCN(C)C. The van der Waals surface area contributed by atoms with Crippen molar-refractivity contribution in [3.05, 3.63) is 71.5 Å². The summed E-state index contributed by atoms with van der Waals surface area (Å²) in [5.41, 5.74) is 13.0. The molecule has 2 N–H and O–H groups in total. The van der Waals surface area contributed by atoms with Crippen LogP contribution in [-0.2, 0) is 13.0 Å². The van der Waals surface area contributed by atoms with Gasteiger partial charge in [0.2, 0.25) is 0 Å². The highest BCUT2D eigenvalue weighted by molar-refractivity contribution is 6.02. The third kappa shape index (κ3) is 4.43. The maximum absolute atomic E-state index is 12.4. The van der Waals surface area contributed by atoms with E-state index in [1.165, 1.54) is 11.3 Å². The van der Waals surface area contributed by atoms with Crippen LogP contribution in [0.4, 0.5) is 0 Å². The van der Waals surface area contributed by atoms with Gasteiger partial charge in [0, 0.05) is 23.5 Å². The number of nitrogens with zero attached hydrogens (tertiary/aromatic N) is 2. The van der Waals surface area contributed by atoms with Crippen molar-refractivity contribution in [3.8, 4) is 22.3 Å². The summed E-state index contributed by atoms with van der Waals surface area (Å²) in [5, 5.41) is 0. The van der Waals surface area contributed by atoms with Gasteiger partial charge in [0.15, 0.2) is 0 Å². The fourth-order valence-electron chi connectivity index (χ4n) is 4.09. The molecule has 0 bridgehead atoms. The first kappa shape index (κ1) is 20.9. The Bertz CT molecular complexity index is 970. The van der Waals surface area contributed by atoms with Crippen molar-refractivity contribution in [2.24, 2.45) is 5.73 Å². The molecule has 3 rings (SSSR count). The molecule has 0 atom stereocenters. The van der Waals surface area contributed by atoms with Crippen LogP contribution < -0.4 is 5.73 Å². The molecular weight excluding hydrogens is 358 g/mol. The average molecular weight is 390 g/mol. The van der Waals surface area contributed by atoms with E-state index >= 15 is 0 Å². The van der Waals surface area contributed by atoms with Gasteiger partial charge in [-0.1, -0.05) is 61.5 Å². The van der Waals surface area contributed by atoms with Gasteiger partial charge in [-0.3, -0.25) is 4.79 Å². The number of rotatable bonds is 8. The molecule has 1 heterocycles. The third-order valence-corrected chi connectivity index (χ3v) is 5.48. The van der Waals surface area contributed by atoms with E-state index in [0.29, 0.717) is 5.56 Å². The van der Waals surface area contributed by atoms with Crippen molar-refractivity contribution in [3.63, 3.8) is 0 Å². The van der Waals surface area contributed by atoms with Crippen LogP contribution in [0.25, 0.3) is 22.3 Å². The van der Waals surface area contributed by atoms with Gasteiger partial charge >= 0.3 is 0 Å².